The summed E-state index contributed by atoms with van der Waals surface area (Å²) >= 11 is 0. The van der Waals surface area contributed by atoms with E-state index in [2.05, 4.69) is 16.8 Å². The van der Waals surface area contributed by atoms with Gasteiger partial charge in [0, 0.05) is 18.9 Å². The highest BCUT2D eigenvalue weighted by Crippen LogP contribution is 2.08. The predicted octanol–water partition coefficient (Wildman–Crippen LogP) is 2.18. The second kappa shape index (κ2) is 4.94. The molecule has 0 amide bonds. The van der Waals surface area contributed by atoms with Crippen LogP contribution in [0.2, 0.25) is 0 Å². The number of hydrogen-bond donors (Lipinski definition) is 1. The highest BCUT2D eigenvalue weighted by atomic mass is 19.1. The summed E-state index contributed by atoms with van der Waals surface area (Å²) in [5.74, 6) is -0.194. The van der Waals surface area contributed by atoms with E-state index in [4.69, 9.17) is 5.73 Å². The van der Waals surface area contributed by atoms with Crippen LogP contribution < -0.4 is 5.73 Å². The van der Waals surface area contributed by atoms with Gasteiger partial charge in [0.05, 0.1) is 0 Å². The number of hydrogen-bond acceptors (Lipinski definition) is 1. The Bertz CT molecular complexity index is 445. The Balaban J connectivity index is 2.05. The van der Waals surface area contributed by atoms with Crippen LogP contribution in [0.25, 0.3) is 0 Å². The molecule has 0 bridgehead atoms. The molecule has 2 nitrogen and oxygen atoms in total. The van der Waals surface area contributed by atoms with Gasteiger partial charge in [0.1, 0.15) is 5.82 Å². The number of aromatic nitrogens is 1. The van der Waals surface area contributed by atoms with Crippen molar-refractivity contribution in [3.8, 4) is 0 Å². The van der Waals surface area contributed by atoms with Crippen LogP contribution in [0.1, 0.15) is 11.1 Å². The Kier molecular flexibility index (Phi) is 3.37. The third-order valence-electron chi connectivity index (χ3n) is 2.52. The van der Waals surface area contributed by atoms with Crippen molar-refractivity contribution in [3.05, 3.63) is 59.7 Å². The molecule has 84 valence electrons. The minimum atomic E-state index is -0.194. The van der Waals surface area contributed by atoms with Crippen LogP contribution in [0.3, 0.4) is 0 Å². The lowest BCUT2D eigenvalue weighted by Crippen LogP contribution is -2.02. The molecule has 16 heavy (non-hydrogen) atoms. The molecule has 0 fully saturated rings. The molecule has 0 unspecified atom stereocenters. The van der Waals surface area contributed by atoms with Gasteiger partial charge < -0.3 is 10.3 Å². The summed E-state index contributed by atoms with van der Waals surface area (Å²) in [5, 5.41) is 0. The van der Waals surface area contributed by atoms with E-state index >= 15 is 0 Å². The minimum absolute atomic E-state index is 0.194. The van der Waals surface area contributed by atoms with Crippen LogP contribution in [0.15, 0.2) is 42.7 Å². The average molecular weight is 218 g/mol. The number of nitrogens with zero attached hydrogens (tertiary/aromatic N) is 1. The average Bonchev–Trinajstić information content (AvgIpc) is 2.70. The Morgan fingerprint density at radius 2 is 1.81 bits per heavy atom. The van der Waals surface area contributed by atoms with E-state index in [1.807, 2.05) is 6.20 Å². The topological polar surface area (TPSA) is 30.9 Å². The van der Waals surface area contributed by atoms with Gasteiger partial charge in [0.15, 0.2) is 0 Å². The lowest BCUT2D eigenvalue weighted by molar-refractivity contribution is 0.626. The van der Waals surface area contributed by atoms with Crippen LogP contribution >= 0.6 is 0 Å². The maximum atomic E-state index is 12.7. The maximum absolute atomic E-state index is 12.7. The molecule has 0 atom stereocenters. The fraction of sp³-hybridized carbons (Fsp3) is 0.231. The number of rotatable bonds is 4. The number of benzene rings is 1. The zero-order valence-corrected chi connectivity index (χ0v) is 9.07. The molecule has 2 N–H and O–H groups in total. The van der Waals surface area contributed by atoms with Crippen molar-refractivity contribution >= 4 is 0 Å². The van der Waals surface area contributed by atoms with Crippen molar-refractivity contribution in [3.63, 3.8) is 0 Å². The normalized spacial score (nSPS) is 10.6. The lowest BCUT2D eigenvalue weighted by Gasteiger charge is -2.02. The Labute approximate surface area is 94.5 Å². The Morgan fingerprint density at radius 1 is 1.06 bits per heavy atom. The molecule has 2 aromatic rings. The van der Waals surface area contributed by atoms with Gasteiger partial charge in [-0.1, -0.05) is 12.1 Å². The summed E-state index contributed by atoms with van der Waals surface area (Å²) in [7, 11) is 0. The molecular formula is C13H15FN2. The molecule has 1 heterocycles. The molecule has 0 radical (unpaired) electrons. The van der Waals surface area contributed by atoms with Gasteiger partial charge in [0.25, 0.3) is 0 Å². The van der Waals surface area contributed by atoms with Gasteiger partial charge in [-0.15, -0.1) is 0 Å². The third kappa shape index (κ3) is 2.70. The van der Waals surface area contributed by atoms with Crippen LogP contribution in [0.4, 0.5) is 4.39 Å². The quantitative estimate of drug-likeness (QED) is 0.837. The summed E-state index contributed by atoms with van der Waals surface area (Å²) in [6.45, 7) is 1.44. The standard InChI is InChI=1S/C13H15FN2/c14-13-3-1-11(2-4-13)9-16-8-6-12(10-16)5-7-15/h1-4,6,8,10H,5,7,9,15H2. The van der Waals surface area contributed by atoms with E-state index in [-0.39, 0.29) is 5.82 Å². The maximum Gasteiger partial charge on any atom is 0.123 e. The number of nitrogens with two attached hydrogens (primary N) is 1. The van der Waals surface area contributed by atoms with Crippen LogP contribution in [-0.2, 0) is 13.0 Å². The first-order chi connectivity index (χ1) is 7.78. The smallest absolute Gasteiger partial charge is 0.123 e. The van der Waals surface area contributed by atoms with Gasteiger partial charge in [-0.2, -0.15) is 0 Å². The molecular weight excluding hydrogens is 203 g/mol. The second-order valence-electron chi connectivity index (χ2n) is 3.86. The fourth-order valence-corrected chi connectivity index (χ4v) is 1.70. The van der Waals surface area contributed by atoms with Gasteiger partial charge >= 0.3 is 0 Å². The number of halogens is 1. The SMILES string of the molecule is NCCc1ccn(Cc2ccc(F)cc2)c1. The molecule has 0 saturated carbocycles. The molecule has 0 aliphatic carbocycles. The molecule has 0 spiro atoms. The summed E-state index contributed by atoms with van der Waals surface area (Å²) < 4.78 is 14.8. The van der Waals surface area contributed by atoms with Crippen molar-refractivity contribution in [2.45, 2.75) is 13.0 Å². The second-order valence-corrected chi connectivity index (χ2v) is 3.86. The molecule has 1 aromatic carbocycles. The first-order valence-corrected chi connectivity index (χ1v) is 5.37. The highest BCUT2D eigenvalue weighted by Gasteiger charge is 1.98. The van der Waals surface area contributed by atoms with Gasteiger partial charge in [0.2, 0.25) is 0 Å². The van der Waals surface area contributed by atoms with Gasteiger partial charge in [-0.3, -0.25) is 0 Å². The van der Waals surface area contributed by atoms with E-state index in [0.717, 1.165) is 18.5 Å². The van der Waals surface area contributed by atoms with E-state index < -0.39 is 0 Å². The largest absolute Gasteiger partial charge is 0.350 e. The van der Waals surface area contributed by atoms with E-state index in [1.165, 1.54) is 17.7 Å². The lowest BCUT2D eigenvalue weighted by atomic mass is 10.2. The van der Waals surface area contributed by atoms with Gasteiger partial charge in [-0.05, 0) is 42.3 Å². The summed E-state index contributed by atoms with van der Waals surface area (Å²) in [5.41, 5.74) is 7.82. The molecule has 0 aliphatic heterocycles. The van der Waals surface area contributed by atoms with Crippen molar-refractivity contribution in [2.24, 2.45) is 5.73 Å². The zero-order chi connectivity index (χ0) is 11.4. The third-order valence-corrected chi connectivity index (χ3v) is 2.52. The van der Waals surface area contributed by atoms with Crippen LogP contribution in [0.5, 0.6) is 0 Å². The van der Waals surface area contributed by atoms with Gasteiger partial charge in [-0.25, -0.2) is 4.39 Å². The highest BCUT2D eigenvalue weighted by molar-refractivity contribution is 5.18. The monoisotopic (exact) mass is 218 g/mol. The molecule has 0 aliphatic rings. The molecule has 3 heteroatoms. The van der Waals surface area contributed by atoms with E-state index in [1.54, 1.807) is 12.1 Å². The van der Waals surface area contributed by atoms with Crippen molar-refractivity contribution in [2.75, 3.05) is 6.54 Å². The minimum Gasteiger partial charge on any atom is -0.350 e. The predicted molar refractivity (Wildman–Crippen MR) is 62.7 cm³/mol. The molecule has 1 aromatic heterocycles. The van der Waals surface area contributed by atoms with E-state index in [0.29, 0.717) is 6.54 Å². The summed E-state index contributed by atoms with van der Waals surface area (Å²) in [6, 6.07) is 8.64. The van der Waals surface area contributed by atoms with Crippen molar-refractivity contribution < 1.29 is 4.39 Å². The first-order valence-electron chi connectivity index (χ1n) is 5.37. The first kappa shape index (κ1) is 10.9. The van der Waals surface area contributed by atoms with Crippen LogP contribution in [0, 0.1) is 5.82 Å². The van der Waals surface area contributed by atoms with Crippen LogP contribution in [-0.4, -0.2) is 11.1 Å². The summed E-state index contributed by atoms with van der Waals surface area (Å²) in [6.07, 6.45) is 5.00. The summed E-state index contributed by atoms with van der Waals surface area (Å²) in [4.78, 5) is 0. The Hall–Kier alpha value is -1.61. The van der Waals surface area contributed by atoms with Crippen molar-refractivity contribution in [1.29, 1.82) is 0 Å². The van der Waals surface area contributed by atoms with Crippen molar-refractivity contribution in [1.82, 2.24) is 4.57 Å². The zero-order valence-electron chi connectivity index (χ0n) is 9.07. The molecule has 0 saturated heterocycles. The fourth-order valence-electron chi connectivity index (χ4n) is 1.70. The van der Waals surface area contributed by atoms with E-state index in [9.17, 15) is 4.39 Å². The Morgan fingerprint density at radius 3 is 2.50 bits per heavy atom. The molecule has 2 rings (SSSR count).